The number of fused-ring (bicyclic) bond motifs is 6. The van der Waals surface area contributed by atoms with Gasteiger partial charge in [-0.15, -0.1) is 0 Å². The first-order chi connectivity index (χ1) is 26.3. The van der Waals surface area contributed by atoms with Gasteiger partial charge in [0.2, 0.25) is 0 Å². The molecule has 0 atom stereocenters. The average Bonchev–Trinajstić information content (AvgIpc) is 3.63. The number of hydrogen-bond donors (Lipinski definition) is 0. The van der Waals surface area contributed by atoms with Crippen molar-refractivity contribution in [1.82, 2.24) is 0 Å². The summed E-state index contributed by atoms with van der Waals surface area (Å²) >= 11 is 0. The lowest BCUT2D eigenvalue weighted by Gasteiger charge is -2.35. The molecule has 9 aromatic carbocycles. The molecular weight excluding hydrogens is 659 g/mol. The van der Waals surface area contributed by atoms with Crippen molar-refractivity contribution in [1.29, 1.82) is 0 Å². The highest BCUT2D eigenvalue weighted by molar-refractivity contribution is 7.19. The second kappa shape index (κ2) is 12.8. The van der Waals surface area contributed by atoms with E-state index in [1.54, 1.807) is 0 Å². The zero-order valence-electron chi connectivity index (χ0n) is 29.1. The van der Waals surface area contributed by atoms with Gasteiger partial charge in [-0.2, -0.15) is 0 Å². The third-order valence-corrected chi connectivity index (χ3v) is 15.6. The molecule has 10 aromatic rings. The highest BCUT2D eigenvalue weighted by Gasteiger charge is 2.41. The first kappa shape index (κ1) is 31.1. The van der Waals surface area contributed by atoms with E-state index in [0.29, 0.717) is 0 Å². The highest BCUT2D eigenvalue weighted by Crippen LogP contribution is 2.45. The Hall–Kier alpha value is -6.68. The van der Waals surface area contributed by atoms with Gasteiger partial charge in [0.15, 0.2) is 13.7 Å². The Labute approximate surface area is 309 Å². The van der Waals surface area contributed by atoms with Gasteiger partial charge < -0.3 is 9.32 Å². The fourth-order valence-corrected chi connectivity index (χ4v) is 13.2. The summed E-state index contributed by atoms with van der Waals surface area (Å²) in [5.41, 5.74) is 4.97. The molecule has 0 radical (unpaired) electrons. The van der Waals surface area contributed by atoms with Crippen LogP contribution in [0.25, 0.3) is 43.5 Å². The fourth-order valence-electron chi connectivity index (χ4n) is 8.42. The molecule has 0 aliphatic rings. The maximum atomic E-state index is 6.95. The Bertz CT molecular complexity index is 2780. The Balaban J connectivity index is 1.23. The van der Waals surface area contributed by atoms with Crippen molar-refractivity contribution in [2.75, 3.05) is 4.90 Å². The molecule has 0 N–H and O–H groups in total. The molecule has 0 aliphatic carbocycles. The quantitative estimate of drug-likeness (QED) is 0.122. The maximum Gasteiger partial charge on any atom is 0.179 e. The molecule has 0 saturated heterocycles. The van der Waals surface area contributed by atoms with Crippen molar-refractivity contribution in [3.05, 3.63) is 212 Å². The third kappa shape index (κ3) is 5.01. The zero-order chi connectivity index (χ0) is 35.2. The van der Waals surface area contributed by atoms with E-state index >= 15 is 0 Å². The van der Waals surface area contributed by atoms with Crippen molar-refractivity contribution in [2.45, 2.75) is 0 Å². The van der Waals surface area contributed by atoms with Gasteiger partial charge in [-0.05, 0) is 61.9 Å². The largest absolute Gasteiger partial charge is 0.453 e. The lowest BCUT2D eigenvalue weighted by Crippen LogP contribution is -2.74. The summed E-state index contributed by atoms with van der Waals surface area (Å²) in [7, 11) is -2.69. The maximum absolute atomic E-state index is 6.95. The summed E-state index contributed by atoms with van der Waals surface area (Å²) < 4.78 is 6.95. The van der Waals surface area contributed by atoms with Crippen LogP contribution in [0.1, 0.15) is 0 Å². The van der Waals surface area contributed by atoms with Crippen LogP contribution < -0.4 is 25.6 Å². The first-order valence-electron chi connectivity index (χ1n) is 18.2. The van der Waals surface area contributed by atoms with Crippen LogP contribution in [0.2, 0.25) is 0 Å². The summed E-state index contributed by atoms with van der Waals surface area (Å²) in [6.45, 7) is 0. The van der Waals surface area contributed by atoms with Crippen molar-refractivity contribution < 1.29 is 4.42 Å². The smallest absolute Gasteiger partial charge is 0.179 e. The number of rotatable bonds is 7. The van der Waals surface area contributed by atoms with Gasteiger partial charge in [-0.25, -0.2) is 0 Å². The number of furan rings is 1. The van der Waals surface area contributed by atoms with Gasteiger partial charge in [0.1, 0.15) is 5.58 Å². The molecule has 53 heavy (non-hydrogen) atoms. The Morgan fingerprint density at radius 1 is 0.302 bits per heavy atom. The summed E-state index contributed by atoms with van der Waals surface area (Å²) in [4.78, 5) is 2.38. The molecule has 1 heterocycles. The minimum Gasteiger partial charge on any atom is -0.453 e. The summed E-state index contributed by atoms with van der Waals surface area (Å²) in [5.74, 6) is 0. The summed E-state index contributed by atoms with van der Waals surface area (Å²) in [5, 5.41) is 12.3. The average molecular weight is 694 g/mol. The molecule has 1 aromatic heterocycles. The van der Waals surface area contributed by atoms with Crippen molar-refractivity contribution >= 4 is 89.4 Å². The Morgan fingerprint density at radius 3 is 1.40 bits per heavy atom. The lowest BCUT2D eigenvalue weighted by molar-refractivity contribution is 0.673. The van der Waals surface area contributed by atoms with Gasteiger partial charge >= 0.3 is 0 Å². The molecule has 0 unspecified atom stereocenters. The Kier molecular flexibility index (Phi) is 7.52. The minimum absolute atomic E-state index is 0.873. The molecule has 10 rings (SSSR count). The molecule has 0 aliphatic heterocycles. The van der Waals surface area contributed by atoms with E-state index in [9.17, 15) is 0 Å². The zero-order valence-corrected chi connectivity index (χ0v) is 30.1. The second-order valence-corrected chi connectivity index (χ2v) is 17.5. The van der Waals surface area contributed by atoms with E-state index < -0.39 is 8.07 Å². The van der Waals surface area contributed by atoms with Gasteiger partial charge in [0.05, 0.1) is 11.4 Å². The minimum atomic E-state index is -2.69. The van der Waals surface area contributed by atoms with E-state index in [-0.39, 0.29) is 0 Å². The molecule has 0 fully saturated rings. The van der Waals surface area contributed by atoms with Crippen molar-refractivity contribution in [3.63, 3.8) is 0 Å². The summed E-state index contributed by atoms with van der Waals surface area (Å²) in [6, 6.07) is 77.3. The van der Waals surface area contributed by atoms with E-state index in [1.807, 2.05) is 0 Å². The second-order valence-electron chi connectivity index (χ2n) is 13.6. The van der Waals surface area contributed by atoms with E-state index in [4.69, 9.17) is 4.42 Å². The number of para-hydroxylation sites is 1. The number of nitrogens with zero attached hydrogens (tertiary/aromatic N) is 1. The predicted molar refractivity (Wildman–Crippen MR) is 227 cm³/mol. The normalized spacial score (nSPS) is 11.8. The van der Waals surface area contributed by atoms with Crippen LogP contribution >= 0.6 is 0 Å². The highest BCUT2D eigenvalue weighted by atomic mass is 28.3. The van der Waals surface area contributed by atoms with Crippen LogP contribution in [0.5, 0.6) is 0 Å². The van der Waals surface area contributed by atoms with Crippen LogP contribution in [-0.4, -0.2) is 8.07 Å². The van der Waals surface area contributed by atoms with Crippen molar-refractivity contribution in [3.8, 4) is 0 Å². The molecule has 2 nitrogen and oxygen atoms in total. The summed E-state index contributed by atoms with van der Waals surface area (Å²) in [6.07, 6.45) is 0. The van der Waals surface area contributed by atoms with Gasteiger partial charge in [0, 0.05) is 27.2 Å². The molecule has 0 bridgehead atoms. The monoisotopic (exact) mass is 693 g/mol. The first-order valence-corrected chi connectivity index (χ1v) is 20.2. The van der Waals surface area contributed by atoms with Crippen LogP contribution in [0.4, 0.5) is 17.1 Å². The van der Waals surface area contributed by atoms with Gasteiger partial charge in [-0.3, -0.25) is 0 Å². The predicted octanol–water partition coefficient (Wildman–Crippen LogP) is 10.7. The molecule has 0 saturated carbocycles. The third-order valence-electron chi connectivity index (χ3n) is 10.8. The van der Waals surface area contributed by atoms with Crippen LogP contribution in [-0.2, 0) is 0 Å². The van der Waals surface area contributed by atoms with E-state index in [1.165, 1.54) is 36.9 Å². The molecule has 3 heteroatoms. The molecule has 250 valence electrons. The topological polar surface area (TPSA) is 16.4 Å². The number of hydrogen-bond acceptors (Lipinski definition) is 2. The van der Waals surface area contributed by atoms with Crippen LogP contribution in [0.3, 0.4) is 0 Å². The molecule has 0 amide bonds. The fraction of sp³-hybridized carbons (Fsp3) is 0. The SMILES string of the molecule is c1ccc([Si](c2ccccc2)(c2ccccc2)c2ccc(N(c3cccc4ccccc34)c3cccc4c3oc3c5ccccc5ccc43)cc2)cc1. The van der Waals surface area contributed by atoms with Crippen molar-refractivity contribution in [2.24, 2.45) is 0 Å². The number of benzene rings is 9. The van der Waals surface area contributed by atoms with Crippen LogP contribution in [0.15, 0.2) is 217 Å². The number of anilines is 3. The Morgan fingerprint density at radius 2 is 0.755 bits per heavy atom. The van der Waals surface area contributed by atoms with E-state index in [0.717, 1.165) is 44.4 Å². The van der Waals surface area contributed by atoms with Gasteiger partial charge in [-0.1, -0.05) is 182 Å². The lowest BCUT2D eigenvalue weighted by atomic mass is 10.0. The van der Waals surface area contributed by atoms with E-state index in [2.05, 4.69) is 217 Å². The molecule has 0 spiro atoms. The van der Waals surface area contributed by atoms with Crippen LogP contribution in [0, 0.1) is 0 Å². The standard InChI is InChI=1S/C50H35NOSi/c1-4-19-39(20-5-1)53(40-21-6-2-7-22-40,41-23-8-3-9-24-41)42-33-31-38(32-34-42)51(47-28-14-18-36-16-10-12-25-43(36)47)48-29-15-27-45-46-35-30-37-17-11-13-26-44(37)49(46)52-50(45)48/h1-35H. The van der Waals surface area contributed by atoms with Gasteiger partial charge in [0.25, 0.3) is 0 Å². The molecular formula is C50H35NOSi.